The number of hydrogen-bond donors (Lipinski definition) is 1. The molecule has 1 N–H and O–H groups in total. The highest BCUT2D eigenvalue weighted by Crippen LogP contribution is 2.60. The topological polar surface area (TPSA) is 169 Å². The van der Waals surface area contributed by atoms with Crippen LogP contribution in [0.1, 0.15) is 50.7 Å². The number of hydrogen-bond acceptors (Lipinski definition) is 10. The van der Waals surface area contributed by atoms with Crippen LogP contribution >= 0.6 is 0 Å². The fourth-order valence-corrected chi connectivity index (χ4v) is 13.4. The van der Waals surface area contributed by atoms with Gasteiger partial charge in [-0.05, 0) is 54.3 Å². The molecule has 1 unspecified atom stereocenters. The van der Waals surface area contributed by atoms with Crippen LogP contribution < -0.4 is 19.7 Å². The van der Waals surface area contributed by atoms with Gasteiger partial charge in [0.05, 0.1) is 63.9 Å². The van der Waals surface area contributed by atoms with Gasteiger partial charge in [-0.15, -0.1) is 0 Å². The number of anilines is 2. The van der Waals surface area contributed by atoms with E-state index in [1.807, 2.05) is 37.3 Å². The summed E-state index contributed by atoms with van der Waals surface area (Å²) in [6.07, 6.45) is 0.0754. The highest BCUT2D eigenvalue weighted by atomic mass is 28.3. The number of esters is 1. The molecule has 14 nitrogen and oxygen atoms in total. The van der Waals surface area contributed by atoms with E-state index < -0.39 is 48.7 Å². The molecule has 3 aromatic carbocycles. The highest BCUT2D eigenvalue weighted by Gasteiger charge is 2.67. The van der Waals surface area contributed by atoms with Crippen molar-refractivity contribution in [2.75, 3.05) is 30.1 Å². The molecule has 3 aromatic rings. The van der Waals surface area contributed by atoms with Gasteiger partial charge in [0, 0.05) is 42.8 Å². The predicted octanol–water partition coefficient (Wildman–Crippen LogP) is 4.37. The summed E-state index contributed by atoms with van der Waals surface area (Å²) in [5, 5.41) is 23.3. The van der Waals surface area contributed by atoms with Crippen LogP contribution in [-0.2, 0) is 40.8 Å². The van der Waals surface area contributed by atoms with Crippen molar-refractivity contribution in [3.8, 4) is 5.75 Å². The Kier molecular flexibility index (Phi) is 10.1. The van der Waals surface area contributed by atoms with Crippen molar-refractivity contribution < 1.29 is 43.4 Å². The second kappa shape index (κ2) is 14.5. The van der Waals surface area contributed by atoms with Crippen molar-refractivity contribution in [3.05, 3.63) is 88.0 Å². The first-order chi connectivity index (χ1) is 26.2. The van der Waals surface area contributed by atoms with E-state index in [1.54, 1.807) is 41.2 Å². The third-order valence-electron chi connectivity index (χ3n) is 12.1. The Bertz CT molecular complexity index is 2040. The lowest BCUT2D eigenvalue weighted by Crippen LogP contribution is -2.54. The molecule has 3 saturated heterocycles. The number of nitro benzene ring substituents is 1. The number of likely N-dealkylation sites (tertiary alicyclic amines) is 1. The van der Waals surface area contributed by atoms with E-state index in [0.29, 0.717) is 41.2 Å². The third kappa shape index (κ3) is 6.47. The summed E-state index contributed by atoms with van der Waals surface area (Å²) in [6, 6.07) is 19.0. The number of aliphatic hydroxyl groups excluding tert-OH is 1. The van der Waals surface area contributed by atoms with Gasteiger partial charge >= 0.3 is 5.97 Å². The first-order valence-corrected chi connectivity index (χ1v) is 21.7. The van der Waals surface area contributed by atoms with Crippen molar-refractivity contribution in [1.82, 2.24) is 4.90 Å². The molecule has 3 fully saturated rings. The Morgan fingerprint density at radius 2 is 1.84 bits per heavy atom. The number of amides is 3. The molecule has 7 rings (SSSR count). The molecular formula is C40H46N4O10Si. The Hall–Kier alpha value is -5.12. The van der Waals surface area contributed by atoms with Crippen molar-refractivity contribution in [3.63, 3.8) is 0 Å². The minimum atomic E-state index is -2.64. The molecule has 0 aromatic heterocycles. The van der Waals surface area contributed by atoms with Gasteiger partial charge in [0.15, 0.2) is 11.8 Å². The zero-order chi connectivity index (χ0) is 39.4. The fourth-order valence-electron chi connectivity index (χ4n) is 9.39. The summed E-state index contributed by atoms with van der Waals surface area (Å²) in [6.45, 7) is 8.05. The number of carbonyl (C=O) groups excluding carboxylic acids is 4. The molecule has 0 radical (unpaired) electrons. The summed E-state index contributed by atoms with van der Waals surface area (Å²) in [5.74, 6) is -1.10. The molecular weight excluding hydrogens is 725 g/mol. The van der Waals surface area contributed by atoms with Crippen molar-refractivity contribution in [2.24, 2.45) is 5.92 Å². The predicted molar refractivity (Wildman–Crippen MR) is 204 cm³/mol. The minimum Gasteiger partial charge on any atom is -0.497 e. The average molecular weight is 771 g/mol. The number of nitro groups is 1. The zero-order valence-corrected chi connectivity index (χ0v) is 32.6. The van der Waals surface area contributed by atoms with Crippen LogP contribution in [0.5, 0.6) is 5.75 Å². The van der Waals surface area contributed by atoms with Crippen molar-refractivity contribution in [1.29, 1.82) is 0 Å². The maximum absolute atomic E-state index is 15.3. The number of non-ortho nitro benzene ring substituents is 1. The first kappa shape index (κ1) is 38.2. The SMILES string of the molecule is COc1ccc([Si](C)(C)[C@@H]2[C@@H](CC(=O)N3CCC[C@H]3CO)O[C@]3(C(=O)N(Cc4cccc(N5C(=O)CC5OC(C)=O)c4)c4ccc([N+](=O)[O-])cc43)[C@H]2C)cc1. The Morgan fingerprint density at radius 1 is 1.09 bits per heavy atom. The Morgan fingerprint density at radius 3 is 2.49 bits per heavy atom. The van der Waals surface area contributed by atoms with Gasteiger partial charge in [-0.2, -0.15) is 0 Å². The van der Waals surface area contributed by atoms with Crippen LogP contribution in [0.4, 0.5) is 17.1 Å². The lowest BCUT2D eigenvalue weighted by atomic mass is 9.82. The van der Waals surface area contributed by atoms with E-state index in [2.05, 4.69) is 13.1 Å². The number of nitrogens with zero attached hydrogens (tertiary/aromatic N) is 4. The van der Waals surface area contributed by atoms with Gasteiger partial charge in [0.1, 0.15) is 5.75 Å². The smallest absolute Gasteiger partial charge is 0.304 e. The summed E-state index contributed by atoms with van der Waals surface area (Å²) < 4.78 is 17.8. The van der Waals surface area contributed by atoms with Gasteiger partial charge in [-0.3, -0.25) is 34.2 Å². The van der Waals surface area contributed by atoms with E-state index in [1.165, 1.54) is 24.0 Å². The summed E-state index contributed by atoms with van der Waals surface area (Å²) >= 11 is 0. The van der Waals surface area contributed by atoms with E-state index in [0.717, 1.165) is 11.6 Å². The molecule has 4 heterocycles. The maximum atomic E-state index is 15.3. The molecule has 55 heavy (non-hydrogen) atoms. The molecule has 0 saturated carbocycles. The molecule has 6 atom stereocenters. The highest BCUT2D eigenvalue weighted by molar-refractivity contribution is 6.91. The minimum absolute atomic E-state index is 0.0210. The quantitative estimate of drug-likeness (QED) is 0.0972. The van der Waals surface area contributed by atoms with Crippen LogP contribution in [0.15, 0.2) is 66.7 Å². The number of methoxy groups -OCH3 is 1. The number of aliphatic hydroxyl groups is 1. The number of carbonyl (C=O) groups is 4. The number of β-lactam (4-membered cyclic amide) rings is 1. The van der Waals surface area contributed by atoms with Gasteiger partial charge in [0.25, 0.3) is 11.6 Å². The van der Waals surface area contributed by atoms with Crippen LogP contribution in [-0.4, -0.2) is 85.3 Å². The van der Waals surface area contributed by atoms with Crippen LogP contribution in [0.25, 0.3) is 0 Å². The molecule has 4 aliphatic heterocycles. The zero-order valence-electron chi connectivity index (χ0n) is 31.6. The lowest BCUT2D eigenvalue weighted by Gasteiger charge is -2.39. The standard InChI is InChI=1S/C40H46N4O10Si/c1-24-38(55(4,5)31-14-12-30(52-3)13-15-31)34(20-35(47)41-17-7-10-29(41)23-45)54-40(24)32-19-28(44(50)51)11-16-33(32)42(39(40)49)22-26-8-6-9-27(18-26)43-36(48)21-37(43)53-25(2)46/h6,8-9,11-16,18-19,24,29,34,37-38,45H,7,10,17,20-23H2,1-5H3/t24-,29-,34+,37?,38-,40+/m0/s1. The van der Waals surface area contributed by atoms with Gasteiger partial charge in [-0.1, -0.05) is 49.5 Å². The van der Waals surface area contributed by atoms with Gasteiger partial charge in [0.2, 0.25) is 11.8 Å². The molecule has 0 aliphatic carbocycles. The average Bonchev–Trinajstić information content (AvgIpc) is 3.81. The first-order valence-electron chi connectivity index (χ1n) is 18.6. The summed E-state index contributed by atoms with van der Waals surface area (Å²) in [4.78, 5) is 70.0. The fraction of sp³-hybridized carbons (Fsp3) is 0.450. The molecule has 0 bridgehead atoms. The van der Waals surface area contributed by atoms with Crippen LogP contribution in [0, 0.1) is 16.0 Å². The number of benzene rings is 3. The normalized spacial score (nSPS) is 26.0. The monoisotopic (exact) mass is 770 g/mol. The second-order valence-corrected chi connectivity index (χ2v) is 20.2. The summed E-state index contributed by atoms with van der Waals surface area (Å²) in [5.41, 5.74) is -0.138. The van der Waals surface area contributed by atoms with Gasteiger partial charge in [-0.25, -0.2) is 0 Å². The number of ether oxygens (including phenoxy) is 3. The lowest BCUT2D eigenvalue weighted by molar-refractivity contribution is -0.385. The third-order valence-corrected chi connectivity index (χ3v) is 16.4. The molecule has 290 valence electrons. The summed E-state index contributed by atoms with van der Waals surface area (Å²) in [7, 11) is -1.04. The molecule has 4 aliphatic rings. The van der Waals surface area contributed by atoms with Crippen LogP contribution in [0.2, 0.25) is 18.6 Å². The maximum Gasteiger partial charge on any atom is 0.304 e. The Labute approximate surface area is 320 Å². The van der Waals surface area contributed by atoms with E-state index >= 15 is 4.79 Å². The van der Waals surface area contributed by atoms with Gasteiger partial charge < -0.3 is 29.1 Å². The van der Waals surface area contributed by atoms with Crippen molar-refractivity contribution >= 4 is 54.0 Å². The Balaban J connectivity index is 1.30. The van der Waals surface area contributed by atoms with Crippen molar-refractivity contribution in [2.45, 2.75) is 88.7 Å². The van der Waals surface area contributed by atoms with E-state index in [9.17, 15) is 29.6 Å². The largest absolute Gasteiger partial charge is 0.497 e. The molecule has 1 spiro atoms. The van der Waals surface area contributed by atoms with E-state index in [-0.39, 0.29) is 55.1 Å². The number of rotatable bonds is 11. The molecule has 15 heteroatoms. The van der Waals surface area contributed by atoms with E-state index in [4.69, 9.17) is 14.2 Å². The number of fused-ring (bicyclic) bond motifs is 2. The molecule has 3 amide bonds. The van der Waals surface area contributed by atoms with Crippen LogP contribution in [0.3, 0.4) is 0 Å². The second-order valence-electron chi connectivity index (χ2n) is 15.5.